The third-order valence-corrected chi connectivity index (χ3v) is 5.20. The number of piperidine rings is 1. The van der Waals surface area contributed by atoms with Crippen molar-refractivity contribution in [2.24, 2.45) is 5.92 Å². The van der Waals surface area contributed by atoms with Crippen molar-refractivity contribution < 1.29 is 4.79 Å². The molecule has 134 valence electrons. The number of nitrogens with zero attached hydrogens (tertiary/aromatic N) is 1. The van der Waals surface area contributed by atoms with E-state index >= 15 is 0 Å². The molecule has 4 nitrogen and oxygen atoms in total. The molecule has 2 fully saturated rings. The van der Waals surface area contributed by atoms with E-state index in [0.29, 0.717) is 28.3 Å². The van der Waals surface area contributed by atoms with Crippen LogP contribution in [-0.2, 0) is 4.79 Å². The Hall–Kier alpha value is -0.520. The van der Waals surface area contributed by atoms with Crippen molar-refractivity contribution in [1.82, 2.24) is 10.2 Å². The number of amides is 1. The van der Waals surface area contributed by atoms with Gasteiger partial charge in [-0.2, -0.15) is 0 Å². The number of anilines is 1. The molecule has 2 aliphatic rings. The Morgan fingerprint density at radius 3 is 2.33 bits per heavy atom. The van der Waals surface area contributed by atoms with Crippen molar-refractivity contribution in [2.75, 3.05) is 31.5 Å². The lowest BCUT2D eigenvalue weighted by atomic mass is 10.0. The SMILES string of the molecule is Cl.O=C(CN1CCC(NCC2CC2)CC1)Nc1c(Cl)cccc1Cl. The topological polar surface area (TPSA) is 44.4 Å². The molecule has 1 aliphatic heterocycles. The van der Waals surface area contributed by atoms with E-state index in [2.05, 4.69) is 15.5 Å². The standard InChI is InChI=1S/C17H23Cl2N3O.ClH/c18-14-2-1-3-15(19)17(14)21-16(23)11-22-8-6-13(7-9-22)20-10-12-4-5-12;/h1-3,12-13,20H,4-11H2,(H,21,23);1H. The van der Waals surface area contributed by atoms with Gasteiger partial charge >= 0.3 is 0 Å². The minimum absolute atomic E-state index is 0. The number of hydrogen-bond acceptors (Lipinski definition) is 3. The smallest absolute Gasteiger partial charge is 0.238 e. The minimum Gasteiger partial charge on any atom is -0.322 e. The minimum atomic E-state index is -0.0654. The highest BCUT2D eigenvalue weighted by molar-refractivity contribution is 6.39. The summed E-state index contributed by atoms with van der Waals surface area (Å²) in [6.07, 6.45) is 4.98. The largest absolute Gasteiger partial charge is 0.322 e. The van der Waals surface area contributed by atoms with Gasteiger partial charge in [0, 0.05) is 19.1 Å². The van der Waals surface area contributed by atoms with Crippen LogP contribution in [0.2, 0.25) is 10.0 Å². The predicted octanol–water partition coefficient (Wildman–Crippen LogP) is 3.82. The molecule has 1 heterocycles. The molecule has 24 heavy (non-hydrogen) atoms. The van der Waals surface area contributed by atoms with Gasteiger partial charge in [0.05, 0.1) is 22.3 Å². The van der Waals surface area contributed by atoms with Crippen LogP contribution in [-0.4, -0.2) is 43.0 Å². The molecule has 1 aromatic rings. The number of hydrogen-bond donors (Lipinski definition) is 2. The Labute approximate surface area is 159 Å². The van der Waals surface area contributed by atoms with E-state index in [9.17, 15) is 4.79 Å². The highest BCUT2D eigenvalue weighted by atomic mass is 35.5. The Balaban J connectivity index is 0.00000208. The van der Waals surface area contributed by atoms with Crippen molar-refractivity contribution in [1.29, 1.82) is 0 Å². The fraction of sp³-hybridized carbons (Fsp3) is 0.588. The Kier molecular flexibility index (Phi) is 7.63. The molecule has 7 heteroatoms. The number of nitrogens with one attached hydrogen (secondary N) is 2. The van der Waals surface area contributed by atoms with Gasteiger partial charge in [-0.15, -0.1) is 12.4 Å². The predicted molar refractivity (Wildman–Crippen MR) is 103 cm³/mol. The average Bonchev–Trinajstić information content (AvgIpc) is 3.35. The van der Waals surface area contributed by atoms with Crippen LogP contribution < -0.4 is 10.6 Å². The van der Waals surface area contributed by atoms with Gasteiger partial charge in [-0.05, 0) is 50.3 Å². The maximum Gasteiger partial charge on any atom is 0.238 e. The second-order valence-corrected chi connectivity index (χ2v) is 7.36. The number of halogens is 3. The van der Waals surface area contributed by atoms with Crippen LogP contribution in [0.1, 0.15) is 25.7 Å². The number of carbonyl (C=O) groups is 1. The van der Waals surface area contributed by atoms with E-state index in [-0.39, 0.29) is 18.3 Å². The summed E-state index contributed by atoms with van der Waals surface area (Å²) in [6.45, 7) is 3.45. The monoisotopic (exact) mass is 391 g/mol. The average molecular weight is 393 g/mol. The zero-order chi connectivity index (χ0) is 16.2. The van der Waals surface area contributed by atoms with Crippen molar-refractivity contribution in [3.8, 4) is 0 Å². The van der Waals surface area contributed by atoms with E-state index in [1.165, 1.54) is 12.8 Å². The molecule has 0 radical (unpaired) electrons. The first kappa shape index (κ1) is 19.8. The summed E-state index contributed by atoms with van der Waals surface area (Å²) in [5.74, 6) is 0.851. The summed E-state index contributed by atoms with van der Waals surface area (Å²) in [5, 5.41) is 7.41. The van der Waals surface area contributed by atoms with Crippen LogP contribution in [0.4, 0.5) is 5.69 Å². The molecule has 0 bridgehead atoms. The summed E-state index contributed by atoms with van der Waals surface area (Å²) >= 11 is 12.2. The van der Waals surface area contributed by atoms with Gasteiger partial charge in [-0.3, -0.25) is 9.69 Å². The van der Waals surface area contributed by atoms with Crippen molar-refractivity contribution in [2.45, 2.75) is 31.7 Å². The summed E-state index contributed by atoms with van der Waals surface area (Å²) in [7, 11) is 0. The van der Waals surface area contributed by atoms with E-state index in [1.807, 2.05) is 0 Å². The van der Waals surface area contributed by atoms with Gasteiger partial charge in [0.1, 0.15) is 0 Å². The van der Waals surface area contributed by atoms with Gasteiger partial charge in [0.15, 0.2) is 0 Å². The molecular weight excluding hydrogens is 369 g/mol. The number of benzene rings is 1. The van der Waals surface area contributed by atoms with Crippen molar-refractivity contribution in [3.05, 3.63) is 28.2 Å². The first-order valence-corrected chi connectivity index (χ1v) is 9.07. The Morgan fingerprint density at radius 2 is 1.75 bits per heavy atom. The maximum absolute atomic E-state index is 12.2. The molecule has 1 saturated heterocycles. The van der Waals surface area contributed by atoms with Gasteiger partial charge in [-0.1, -0.05) is 29.3 Å². The molecule has 1 aliphatic carbocycles. The molecule has 0 spiro atoms. The quantitative estimate of drug-likeness (QED) is 0.773. The summed E-state index contributed by atoms with van der Waals surface area (Å²) < 4.78 is 0. The number of para-hydroxylation sites is 1. The summed E-state index contributed by atoms with van der Waals surface area (Å²) in [5.41, 5.74) is 0.502. The summed E-state index contributed by atoms with van der Waals surface area (Å²) in [6, 6.07) is 5.81. The van der Waals surface area contributed by atoms with Gasteiger partial charge in [0.25, 0.3) is 0 Å². The van der Waals surface area contributed by atoms with Crippen molar-refractivity contribution in [3.63, 3.8) is 0 Å². The highest BCUT2D eigenvalue weighted by Crippen LogP contribution is 2.30. The highest BCUT2D eigenvalue weighted by Gasteiger charge is 2.25. The fourth-order valence-corrected chi connectivity index (χ4v) is 3.44. The molecule has 0 aromatic heterocycles. The second-order valence-electron chi connectivity index (χ2n) is 6.55. The summed E-state index contributed by atoms with van der Waals surface area (Å²) in [4.78, 5) is 14.4. The molecule has 1 aromatic carbocycles. The zero-order valence-corrected chi connectivity index (χ0v) is 15.9. The van der Waals surface area contributed by atoms with Crippen LogP contribution in [0.25, 0.3) is 0 Å². The third-order valence-electron chi connectivity index (χ3n) is 4.57. The van der Waals surface area contributed by atoms with E-state index in [1.54, 1.807) is 18.2 Å². The van der Waals surface area contributed by atoms with Gasteiger partial charge in [-0.25, -0.2) is 0 Å². The zero-order valence-electron chi connectivity index (χ0n) is 13.6. The normalized spacial score (nSPS) is 18.9. The van der Waals surface area contributed by atoms with E-state index < -0.39 is 0 Å². The van der Waals surface area contributed by atoms with Gasteiger partial charge < -0.3 is 10.6 Å². The lowest BCUT2D eigenvalue weighted by molar-refractivity contribution is -0.117. The lowest BCUT2D eigenvalue weighted by Crippen LogP contribution is -2.45. The molecule has 0 unspecified atom stereocenters. The molecule has 1 amide bonds. The maximum atomic E-state index is 12.2. The number of rotatable bonds is 6. The lowest BCUT2D eigenvalue weighted by Gasteiger charge is -2.32. The molecular formula is C17H24Cl3N3O. The fourth-order valence-electron chi connectivity index (χ4n) is 2.95. The Morgan fingerprint density at radius 1 is 1.12 bits per heavy atom. The first-order chi connectivity index (χ1) is 11.1. The van der Waals surface area contributed by atoms with Crippen LogP contribution in [0.15, 0.2) is 18.2 Å². The van der Waals surface area contributed by atoms with Crippen LogP contribution in [0, 0.1) is 5.92 Å². The van der Waals surface area contributed by atoms with E-state index in [4.69, 9.17) is 23.2 Å². The molecule has 0 atom stereocenters. The van der Waals surface area contributed by atoms with Crippen LogP contribution in [0.5, 0.6) is 0 Å². The van der Waals surface area contributed by atoms with Crippen LogP contribution >= 0.6 is 35.6 Å². The third kappa shape index (κ3) is 5.78. The van der Waals surface area contributed by atoms with E-state index in [0.717, 1.165) is 38.4 Å². The first-order valence-electron chi connectivity index (χ1n) is 8.31. The molecule has 1 saturated carbocycles. The Bertz CT molecular complexity index is 538. The molecule has 2 N–H and O–H groups in total. The number of likely N-dealkylation sites (tertiary alicyclic amines) is 1. The van der Waals surface area contributed by atoms with Gasteiger partial charge in [0.2, 0.25) is 5.91 Å². The molecule has 3 rings (SSSR count). The van der Waals surface area contributed by atoms with Crippen LogP contribution in [0.3, 0.4) is 0 Å². The van der Waals surface area contributed by atoms with Crippen molar-refractivity contribution >= 4 is 47.2 Å². The second kappa shape index (κ2) is 9.25. The number of carbonyl (C=O) groups excluding carboxylic acids is 1.